The van der Waals surface area contributed by atoms with Gasteiger partial charge in [-0.15, -0.1) is 0 Å². The molecule has 156 valence electrons. The monoisotopic (exact) mass is 412 g/mol. The molecule has 0 atom stereocenters. The third-order valence-corrected chi connectivity index (χ3v) is 4.41. The first-order chi connectivity index (χ1) is 14.3. The van der Waals surface area contributed by atoms with Gasteiger partial charge < -0.3 is 9.47 Å². The van der Waals surface area contributed by atoms with E-state index in [9.17, 15) is 18.8 Å². The highest BCUT2D eigenvalue weighted by molar-refractivity contribution is 6.04. The second kappa shape index (κ2) is 8.86. The second-order valence-electron chi connectivity index (χ2n) is 7.12. The van der Waals surface area contributed by atoms with Crippen LogP contribution in [0.2, 0.25) is 0 Å². The molecule has 1 aromatic heterocycles. The largest absolute Gasteiger partial charge is 0.494 e. The molecule has 8 heteroatoms. The van der Waals surface area contributed by atoms with Crippen LogP contribution in [0.25, 0.3) is 10.8 Å². The highest BCUT2D eigenvalue weighted by atomic mass is 19.1. The molecular weight excluding hydrogens is 391 g/mol. The fourth-order valence-electron chi connectivity index (χ4n) is 2.98. The van der Waals surface area contributed by atoms with Gasteiger partial charge in [0.1, 0.15) is 0 Å². The number of ketones is 1. The molecule has 0 unspecified atom stereocenters. The average molecular weight is 412 g/mol. The predicted molar refractivity (Wildman–Crippen MR) is 108 cm³/mol. The van der Waals surface area contributed by atoms with Crippen molar-refractivity contribution in [3.63, 3.8) is 0 Å². The average Bonchev–Trinajstić information content (AvgIpc) is 2.73. The van der Waals surface area contributed by atoms with E-state index in [1.807, 2.05) is 13.8 Å². The second-order valence-corrected chi connectivity index (χ2v) is 7.12. The van der Waals surface area contributed by atoms with E-state index in [0.29, 0.717) is 17.3 Å². The molecule has 0 saturated heterocycles. The Balaban J connectivity index is 1.86. The summed E-state index contributed by atoms with van der Waals surface area (Å²) in [5.41, 5.74) is -0.316. The molecule has 0 radical (unpaired) electrons. The number of benzene rings is 2. The number of aromatic nitrogens is 2. The Bertz CT molecular complexity index is 1170. The first-order valence-corrected chi connectivity index (χ1v) is 9.35. The van der Waals surface area contributed by atoms with Crippen molar-refractivity contribution in [2.45, 2.75) is 20.4 Å². The van der Waals surface area contributed by atoms with Crippen molar-refractivity contribution >= 4 is 22.5 Å². The number of carbonyl (C=O) groups excluding carboxylic acids is 2. The van der Waals surface area contributed by atoms with Crippen molar-refractivity contribution in [2.75, 3.05) is 13.7 Å². The molecule has 0 saturated carbocycles. The fraction of sp³-hybridized carbons (Fsp3) is 0.273. The molecule has 0 aliphatic heterocycles. The molecule has 0 aliphatic rings. The van der Waals surface area contributed by atoms with Crippen molar-refractivity contribution in [2.24, 2.45) is 5.92 Å². The van der Waals surface area contributed by atoms with Gasteiger partial charge in [0.25, 0.3) is 5.56 Å². The molecular formula is C22H21FN2O5. The molecule has 0 spiro atoms. The van der Waals surface area contributed by atoms with E-state index in [-0.39, 0.29) is 28.5 Å². The van der Waals surface area contributed by atoms with Gasteiger partial charge in [-0.3, -0.25) is 9.59 Å². The van der Waals surface area contributed by atoms with Crippen LogP contribution in [0.15, 0.2) is 47.3 Å². The zero-order chi connectivity index (χ0) is 21.8. The molecule has 0 amide bonds. The molecule has 3 rings (SSSR count). The maximum Gasteiger partial charge on any atom is 0.359 e. The number of nitrogens with zero attached hydrogens (tertiary/aromatic N) is 2. The van der Waals surface area contributed by atoms with E-state index in [1.54, 1.807) is 24.3 Å². The Morgan fingerprint density at radius 2 is 1.83 bits per heavy atom. The summed E-state index contributed by atoms with van der Waals surface area (Å²) in [5.74, 6) is -1.97. The maximum atomic E-state index is 13.8. The van der Waals surface area contributed by atoms with Gasteiger partial charge in [-0.25, -0.2) is 13.9 Å². The predicted octanol–water partition coefficient (Wildman–Crippen LogP) is 3.24. The van der Waals surface area contributed by atoms with Crippen LogP contribution in [0.4, 0.5) is 4.39 Å². The normalized spacial score (nSPS) is 11.0. The van der Waals surface area contributed by atoms with Gasteiger partial charge in [-0.2, -0.15) is 5.10 Å². The van der Waals surface area contributed by atoms with Crippen molar-refractivity contribution < 1.29 is 23.5 Å². The molecule has 0 N–H and O–H groups in total. The first kappa shape index (κ1) is 21.2. The molecule has 2 aromatic carbocycles. The maximum absolute atomic E-state index is 13.8. The number of methoxy groups -OCH3 is 1. The van der Waals surface area contributed by atoms with Crippen molar-refractivity contribution in [3.05, 3.63) is 69.9 Å². The van der Waals surface area contributed by atoms with E-state index in [0.717, 1.165) is 6.07 Å². The Labute approximate surface area is 172 Å². The van der Waals surface area contributed by atoms with Crippen LogP contribution < -0.4 is 10.3 Å². The summed E-state index contributed by atoms with van der Waals surface area (Å²) in [5, 5.41) is 4.85. The summed E-state index contributed by atoms with van der Waals surface area (Å²) in [6.45, 7) is 3.58. The van der Waals surface area contributed by atoms with E-state index in [4.69, 9.17) is 9.47 Å². The molecule has 3 aromatic rings. The third-order valence-electron chi connectivity index (χ3n) is 4.41. The van der Waals surface area contributed by atoms with Gasteiger partial charge in [0.05, 0.1) is 12.5 Å². The number of hydrogen-bond donors (Lipinski definition) is 0. The Morgan fingerprint density at radius 1 is 1.13 bits per heavy atom. The van der Waals surface area contributed by atoms with E-state index in [1.165, 1.54) is 23.9 Å². The molecule has 0 bridgehead atoms. The zero-order valence-electron chi connectivity index (χ0n) is 16.8. The number of esters is 1. The van der Waals surface area contributed by atoms with Crippen molar-refractivity contribution in [1.29, 1.82) is 0 Å². The molecule has 30 heavy (non-hydrogen) atoms. The van der Waals surface area contributed by atoms with Gasteiger partial charge in [0.2, 0.25) is 0 Å². The lowest BCUT2D eigenvalue weighted by molar-refractivity contribution is 0.0468. The Hall–Kier alpha value is -3.55. The number of halogens is 1. The zero-order valence-corrected chi connectivity index (χ0v) is 16.8. The summed E-state index contributed by atoms with van der Waals surface area (Å²) < 4.78 is 25.0. The van der Waals surface area contributed by atoms with Gasteiger partial charge in [0, 0.05) is 17.5 Å². The summed E-state index contributed by atoms with van der Waals surface area (Å²) in [7, 11) is 1.32. The highest BCUT2D eigenvalue weighted by Gasteiger charge is 2.20. The van der Waals surface area contributed by atoms with Gasteiger partial charge in [-0.05, 0) is 30.2 Å². The summed E-state index contributed by atoms with van der Waals surface area (Å²) in [6, 6.07) is 10.3. The molecule has 1 heterocycles. The van der Waals surface area contributed by atoms with Crippen LogP contribution in [-0.2, 0) is 11.3 Å². The summed E-state index contributed by atoms with van der Waals surface area (Å²) >= 11 is 0. The number of fused-ring (bicyclic) bond motifs is 1. The minimum atomic E-state index is -0.842. The topological polar surface area (TPSA) is 87.5 Å². The van der Waals surface area contributed by atoms with Crippen LogP contribution in [0.5, 0.6) is 5.75 Å². The smallest absolute Gasteiger partial charge is 0.359 e. The fourth-order valence-corrected chi connectivity index (χ4v) is 2.98. The van der Waals surface area contributed by atoms with Crippen LogP contribution in [0.1, 0.15) is 34.7 Å². The number of rotatable bonds is 7. The van der Waals surface area contributed by atoms with E-state index >= 15 is 0 Å². The number of carbonyl (C=O) groups is 2. The lowest BCUT2D eigenvalue weighted by atomic mass is 10.1. The van der Waals surface area contributed by atoms with Crippen LogP contribution in [0.3, 0.4) is 0 Å². The van der Waals surface area contributed by atoms with Gasteiger partial charge in [0.15, 0.2) is 29.7 Å². The minimum Gasteiger partial charge on any atom is -0.494 e. The van der Waals surface area contributed by atoms with E-state index in [2.05, 4.69) is 5.10 Å². The molecule has 7 nitrogen and oxygen atoms in total. The number of hydrogen-bond acceptors (Lipinski definition) is 6. The lowest BCUT2D eigenvalue weighted by Gasteiger charge is -2.12. The Kier molecular flexibility index (Phi) is 6.25. The SMILES string of the molecule is COc1ccc(C(=O)COC(=O)c2nn(CC(C)C)c(=O)c3ccccc23)cc1F. The Morgan fingerprint density at radius 3 is 2.47 bits per heavy atom. The van der Waals surface area contributed by atoms with E-state index < -0.39 is 24.2 Å². The van der Waals surface area contributed by atoms with Gasteiger partial charge >= 0.3 is 5.97 Å². The van der Waals surface area contributed by atoms with Crippen molar-refractivity contribution in [3.8, 4) is 5.75 Å². The standard InChI is InChI=1S/C22H21FN2O5/c1-13(2)11-25-21(27)16-7-5-4-6-15(16)20(24-25)22(28)30-12-18(26)14-8-9-19(29-3)17(23)10-14/h4-10,13H,11-12H2,1-3H3. The van der Waals surface area contributed by atoms with Crippen molar-refractivity contribution in [1.82, 2.24) is 9.78 Å². The number of ether oxygens (including phenoxy) is 2. The summed E-state index contributed by atoms with van der Waals surface area (Å²) in [4.78, 5) is 37.6. The first-order valence-electron chi connectivity index (χ1n) is 9.35. The quantitative estimate of drug-likeness (QED) is 0.437. The van der Waals surface area contributed by atoms with Crippen LogP contribution >= 0.6 is 0 Å². The lowest BCUT2D eigenvalue weighted by Crippen LogP contribution is -2.28. The van der Waals surface area contributed by atoms with Gasteiger partial charge in [-0.1, -0.05) is 32.0 Å². The molecule has 0 fully saturated rings. The van der Waals surface area contributed by atoms with Crippen LogP contribution in [-0.4, -0.2) is 35.2 Å². The highest BCUT2D eigenvalue weighted by Crippen LogP contribution is 2.19. The van der Waals surface area contributed by atoms with Crippen LogP contribution in [0, 0.1) is 11.7 Å². The minimum absolute atomic E-state index is 0.00613. The number of Topliss-reactive ketones (excluding diaryl/α,β-unsaturated/α-hetero) is 1. The summed E-state index contributed by atoms with van der Waals surface area (Å²) in [6.07, 6.45) is 0. The molecule has 0 aliphatic carbocycles. The third kappa shape index (κ3) is 4.37.